The highest BCUT2D eigenvalue weighted by Crippen LogP contribution is 2.19. The van der Waals surface area contributed by atoms with Gasteiger partial charge in [0.05, 0.1) is 19.3 Å². The highest BCUT2D eigenvalue weighted by molar-refractivity contribution is 5.30. The lowest BCUT2D eigenvalue weighted by Gasteiger charge is -2.26. The molecule has 1 unspecified atom stereocenters. The Hall–Kier alpha value is -1.34. The van der Waals surface area contributed by atoms with E-state index in [1.807, 2.05) is 6.92 Å². The van der Waals surface area contributed by atoms with E-state index in [4.69, 9.17) is 24.8 Å². The van der Waals surface area contributed by atoms with E-state index in [0.29, 0.717) is 12.2 Å². The van der Waals surface area contributed by atoms with Gasteiger partial charge in [0.2, 0.25) is 6.29 Å². The molecule has 1 aromatic carbocycles. The predicted molar refractivity (Wildman–Crippen MR) is 67.9 cm³/mol. The van der Waals surface area contributed by atoms with Gasteiger partial charge < -0.3 is 29.9 Å². The number of hydrogen-bond acceptors (Lipinski definition) is 6. The molecule has 6 nitrogen and oxygen atoms in total. The van der Waals surface area contributed by atoms with Crippen molar-refractivity contribution in [1.82, 2.24) is 0 Å². The second-order valence-corrected chi connectivity index (χ2v) is 4.08. The van der Waals surface area contributed by atoms with Crippen LogP contribution in [0.2, 0.25) is 0 Å². The number of ether oxygens (including phenoxy) is 2. The van der Waals surface area contributed by atoms with Crippen LogP contribution in [0.4, 0.5) is 0 Å². The Kier molecular flexibility index (Phi) is 6.58. The van der Waals surface area contributed by atoms with Crippen molar-refractivity contribution in [2.45, 2.75) is 31.8 Å². The summed E-state index contributed by atoms with van der Waals surface area (Å²) in [6, 6.07) is 5.88. The quantitative estimate of drug-likeness (QED) is 0.506. The second kappa shape index (κ2) is 7.96. The molecule has 1 aromatic rings. The van der Waals surface area contributed by atoms with Crippen LogP contribution in [0, 0.1) is 0 Å². The Morgan fingerprint density at radius 1 is 1.11 bits per heavy atom. The number of aliphatic hydroxyl groups is 3. The summed E-state index contributed by atoms with van der Waals surface area (Å²) in [5.41, 5.74) is 0. The maximum absolute atomic E-state index is 9.64. The van der Waals surface area contributed by atoms with Gasteiger partial charge in [0.1, 0.15) is 17.6 Å². The van der Waals surface area contributed by atoms with Crippen LogP contribution in [0.1, 0.15) is 13.3 Å². The largest absolute Gasteiger partial charge is 0.508 e. The van der Waals surface area contributed by atoms with Crippen LogP contribution in [0.5, 0.6) is 11.5 Å². The molecular weight excluding hydrogens is 252 g/mol. The van der Waals surface area contributed by atoms with Crippen molar-refractivity contribution in [2.24, 2.45) is 0 Å². The van der Waals surface area contributed by atoms with Crippen molar-refractivity contribution in [3.63, 3.8) is 0 Å². The van der Waals surface area contributed by atoms with Gasteiger partial charge in [-0.25, -0.2) is 0 Å². The normalized spacial score (nSPS) is 15.8. The highest BCUT2D eigenvalue weighted by atomic mass is 16.7. The first kappa shape index (κ1) is 15.7. The van der Waals surface area contributed by atoms with Gasteiger partial charge in [0.25, 0.3) is 0 Å². The first-order valence-electron chi connectivity index (χ1n) is 6.11. The summed E-state index contributed by atoms with van der Waals surface area (Å²) in [6.07, 6.45) is -2.26. The lowest BCUT2D eigenvalue weighted by atomic mass is 10.3. The van der Waals surface area contributed by atoms with Crippen molar-refractivity contribution < 1.29 is 29.9 Å². The number of rotatable bonds is 8. The molecule has 0 aliphatic carbocycles. The summed E-state index contributed by atoms with van der Waals surface area (Å²) < 4.78 is 10.8. The SMILES string of the molecule is CCC(CO)O[C@@H](Oc1ccc(O)cc1)[C@@H](O)CO. The van der Waals surface area contributed by atoms with Gasteiger partial charge >= 0.3 is 0 Å². The minimum Gasteiger partial charge on any atom is -0.508 e. The van der Waals surface area contributed by atoms with E-state index in [-0.39, 0.29) is 12.4 Å². The summed E-state index contributed by atoms with van der Waals surface area (Å²) in [5.74, 6) is 0.470. The highest BCUT2D eigenvalue weighted by Gasteiger charge is 2.24. The summed E-state index contributed by atoms with van der Waals surface area (Å²) >= 11 is 0. The third-order valence-electron chi connectivity index (χ3n) is 2.58. The zero-order valence-corrected chi connectivity index (χ0v) is 10.8. The van der Waals surface area contributed by atoms with Crippen molar-refractivity contribution in [2.75, 3.05) is 13.2 Å². The molecule has 0 aliphatic rings. The molecule has 0 heterocycles. The van der Waals surface area contributed by atoms with Crippen LogP contribution in [0.15, 0.2) is 24.3 Å². The summed E-state index contributed by atoms with van der Waals surface area (Å²) in [5, 5.41) is 36.8. The van der Waals surface area contributed by atoms with Crippen LogP contribution in [0.3, 0.4) is 0 Å². The lowest BCUT2D eigenvalue weighted by molar-refractivity contribution is -0.188. The van der Waals surface area contributed by atoms with E-state index in [2.05, 4.69) is 0 Å². The average Bonchev–Trinajstić information content (AvgIpc) is 2.44. The summed E-state index contributed by atoms with van der Waals surface area (Å²) in [4.78, 5) is 0. The molecule has 6 heteroatoms. The smallest absolute Gasteiger partial charge is 0.228 e. The summed E-state index contributed by atoms with van der Waals surface area (Å²) in [6.45, 7) is 1.10. The average molecular weight is 272 g/mol. The van der Waals surface area contributed by atoms with Gasteiger partial charge in [-0.3, -0.25) is 0 Å². The predicted octanol–water partition coefficient (Wildman–Crippen LogP) is 0.238. The molecule has 1 rings (SSSR count). The van der Waals surface area contributed by atoms with Gasteiger partial charge in [0.15, 0.2) is 0 Å². The van der Waals surface area contributed by atoms with Crippen LogP contribution >= 0.6 is 0 Å². The van der Waals surface area contributed by atoms with Gasteiger partial charge in [-0.2, -0.15) is 0 Å². The monoisotopic (exact) mass is 272 g/mol. The zero-order chi connectivity index (χ0) is 14.3. The van der Waals surface area contributed by atoms with Crippen molar-refractivity contribution >= 4 is 0 Å². The van der Waals surface area contributed by atoms with Gasteiger partial charge in [0, 0.05) is 0 Å². The first-order chi connectivity index (χ1) is 9.10. The fourth-order valence-corrected chi connectivity index (χ4v) is 1.40. The molecule has 0 bridgehead atoms. The van der Waals surface area contributed by atoms with Gasteiger partial charge in [-0.05, 0) is 30.7 Å². The zero-order valence-electron chi connectivity index (χ0n) is 10.8. The number of phenolic OH excluding ortho intramolecular Hbond substituents is 1. The Bertz CT molecular complexity index is 349. The number of benzene rings is 1. The fourth-order valence-electron chi connectivity index (χ4n) is 1.40. The lowest BCUT2D eigenvalue weighted by Crippen LogP contribution is -2.40. The van der Waals surface area contributed by atoms with Crippen LogP contribution < -0.4 is 4.74 Å². The maximum atomic E-state index is 9.64. The van der Waals surface area contributed by atoms with Crippen LogP contribution in [-0.4, -0.2) is 52.1 Å². The Balaban J connectivity index is 2.71. The van der Waals surface area contributed by atoms with Gasteiger partial charge in [-0.15, -0.1) is 0 Å². The molecule has 0 saturated heterocycles. The molecule has 0 aliphatic heterocycles. The molecule has 4 N–H and O–H groups in total. The van der Waals surface area contributed by atoms with Crippen LogP contribution in [0.25, 0.3) is 0 Å². The summed E-state index contributed by atoms with van der Waals surface area (Å²) in [7, 11) is 0. The molecule has 108 valence electrons. The molecule has 19 heavy (non-hydrogen) atoms. The van der Waals surface area contributed by atoms with E-state index in [0.717, 1.165) is 0 Å². The Labute approximate surface area is 111 Å². The van der Waals surface area contributed by atoms with Crippen molar-refractivity contribution in [1.29, 1.82) is 0 Å². The van der Waals surface area contributed by atoms with E-state index in [1.165, 1.54) is 24.3 Å². The number of aromatic hydroxyl groups is 1. The maximum Gasteiger partial charge on any atom is 0.228 e. The third-order valence-corrected chi connectivity index (χ3v) is 2.58. The van der Waals surface area contributed by atoms with E-state index < -0.39 is 25.1 Å². The molecular formula is C13H20O6. The minimum atomic E-state index is -1.23. The Morgan fingerprint density at radius 3 is 2.21 bits per heavy atom. The topological polar surface area (TPSA) is 99.4 Å². The number of aliphatic hydroxyl groups excluding tert-OH is 3. The fraction of sp³-hybridized carbons (Fsp3) is 0.538. The van der Waals surface area contributed by atoms with E-state index in [9.17, 15) is 5.11 Å². The molecule has 0 aromatic heterocycles. The number of hydrogen-bond donors (Lipinski definition) is 4. The van der Waals surface area contributed by atoms with Crippen molar-refractivity contribution in [3.05, 3.63) is 24.3 Å². The molecule has 0 radical (unpaired) electrons. The third kappa shape index (κ3) is 5.04. The molecule has 0 spiro atoms. The van der Waals surface area contributed by atoms with E-state index in [1.54, 1.807) is 0 Å². The standard InChI is InChI=1S/C13H20O6/c1-2-10(7-14)18-13(12(17)8-15)19-11-5-3-9(16)4-6-11/h3-6,10,12-17H,2,7-8H2,1H3/t10?,12-,13-/m0/s1. The molecule has 0 amide bonds. The first-order valence-corrected chi connectivity index (χ1v) is 6.11. The minimum absolute atomic E-state index is 0.0920. The second-order valence-electron chi connectivity index (χ2n) is 4.08. The van der Waals surface area contributed by atoms with Crippen LogP contribution in [-0.2, 0) is 4.74 Å². The molecule has 0 fully saturated rings. The van der Waals surface area contributed by atoms with Crippen molar-refractivity contribution in [3.8, 4) is 11.5 Å². The molecule has 3 atom stereocenters. The van der Waals surface area contributed by atoms with E-state index >= 15 is 0 Å². The van der Waals surface area contributed by atoms with Gasteiger partial charge in [-0.1, -0.05) is 6.92 Å². The number of phenols is 1. The Morgan fingerprint density at radius 2 is 1.74 bits per heavy atom. The molecule has 0 saturated carbocycles.